The molecule has 0 radical (unpaired) electrons. The van der Waals surface area contributed by atoms with Crippen LogP contribution in [0.5, 0.6) is 0 Å². The maximum atomic E-state index is 11.5. The Morgan fingerprint density at radius 1 is 1.10 bits per heavy atom. The molecule has 0 aromatic heterocycles. The molecular weight excluding hydrogens is 384 g/mol. The monoisotopic (exact) mass is 420 g/mol. The van der Waals surface area contributed by atoms with Gasteiger partial charge >= 0.3 is 5.97 Å². The van der Waals surface area contributed by atoms with Crippen LogP contribution in [0.25, 0.3) is 0 Å². The fraction of sp³-hybridized carbons (Fsp3) is 0.560. The SMILES string of the molecule is C=C(C)C(=O)OCCOC(=C)C(C)(CCC(C)c1ccc(CCl)cc1)CC(C)C. The Kier molecular flexibility index (Phi) is 10.5. The van der Waals surface area contributed by atoms with E-state index in [1.165, 1.54) is 5.56 Å². The van der Waals surface area contributed by atoms with E-state index in [1.807, 2.05) is 0 Å². The van der Waals surface area contributed by atoms with Crippen molar-refractivity contribution in [3.8, 4) is 0 Å². The van der Waals surface area contributed by atoms with Gasteiger partial charge < -0.3 is 9.47 Å². The van der Waals surface area contributed by atoms with E-state index in [-0.39, 0.29) is 12.0 Å². The van der Waals surface area contributed by atoms with E-state index >= 15 is 0 Å². The van der Waals surface area contributed by atoms with Gasteiger partial charge in [0.2, 0.25) is 0 Å². The van der Waals surface area contributed by atoms with Crippen LogP contribution in [0.1, 0.15) is 70.9 Å². The summed E-state index contributed by atoms with van der Waals surface area (Å²) in [6.45, 7) is 18.8. The van der Waals surface area contributed by atoms with Crippen molar-refractivity contribution in [3.63, 3.8) is 0 Å². The van der Waals surface area contributed by atoms with Crippen LogP contribution in [0.3, 0.4) is 0 Å². The van der Waals surface area contributed by atoms with Crippen molar-refractivity contribution in [1.82, 2.24) is 0 Å². The minimum atomic E-state index is -0.391. The number of carbonyl (C=O) groups excluding carboxylic acids is 1. The molecule has 0 amide bonds. The van der Waals surface area contributed by atoms with Crippen LogP contribution in [0.4, 0.5) is 0 Å². The van der Waals surface area contributed by atoms with Gasteiger partial charge in [-0.25, -0.2) is 4.79 Å². The number of ether oxygens (including phenoxy) is 2. The standard InChI is InChI=1S/C25H37ClO3/c1-18(2)16-25(7,21(6)28-14-15-29-24(27)19(3)4)13-12-20(5)23-10-8-22(17-26)9-11-23/h8-11,18,20H,3,6,12-17H2,1-2,4-5,7H3. The van der Waals surface area contributed by atoms with Gasteiger partial charge in [-0.3, -0.25) is 0 Å². The van der Waals surface area contributed by atoms with Crippen LogP contribution >= 0.6 is 11.6 Å². The zero-order valence-electron chi connectivity index (χ0n) is 18.7. The van der Waals surface area contributed by atoms with E-state index in [9.17, 15) is 4.79 Å². The maximum absolute atomic E-state index is 11.5. The molecule has 4 heteroatoms. The number of hydrogen-bond donors (Lipinski definition) is 0. The summed E-state index contributed by atoms with van der Waals surface area (Å²) >= 11 is 5.89. The molecule has 29 heavy (non-hydrogen) atoms. The molecule has 3 nitrogen and oxygen atoms in total. The fourth-order valence-corrected chi connectivity index (χ4v) is 3.67. The highest BCUT2D eigenvalue weighted by Gasteiger charge is 2.31. The second-order valence-electron chi connectivity index (χ2n) is 8.66. The lowest BCUT2D eigenvalue weighted by atomic mass is 9.75. The third kappa shape index (κ3) is 8.65. The fourth-order valence-electron chi connectivity index (χ4n) is 3.49. The first-order valence-electron chi connectivity index (χ1n) is 10.4. The van der Waals surface area contributed by atoms with Gasteiger partial charge in [0.15, 0.2) is 0 Å². The lowest BCUT2D eigenvalue weighted by molar-refractivity contribution is -0.140. The molecule has 0 bridgehead atoms. The number of carbonyl (C=O) groups is 1. The Balaban J connectivity index is 2.66. The molecule has 0 spiro atoms. The zero-order chi connectivity index (χ0) is 22.0. The molecule has 1 aromatic carbocycles. The van der Waals surface area contributed by atoms with Gasteiger partial charge in [0.05, 0.1) is 5.76 Å². The van der Waals surface area contributed by atoms with Crippen LogP contribution in [0.2, 0.25) is 0 Å². The molecule has 0 aliphatic heterocycles. The van der Waals surface area contributed by atoms with Crippen LogP contribution in [0.15, 0.2) is 48.8 Å². The Labute approximate surface area is 182 Å². The Bertz CT molecular complexity index is 678. The van der Waals surface area contributed by atoms with E-state index in [2.05, 4.69) is 65.1 Å². The highest BCUT2D eigenvalue weighted by molar-refractivity contribution is 6.17. The molecule has 1 rings (SSSR count). The van der Waals surface area contributed by atoms with Crippen molar-refractivity contribution >= 4 is 17.6 Å². The molecule has 0 fully saturated rings. The van der Waals surface area contributed by atoms with Gasteiger partial charge in [0, 0.05) is 16.9 Å². The van der Waals surface area contributed by atoms with Crippen molar-refractivity contribution in [2.24, 2.45) is 11.3 Å². The predicted molar refractivity (Wildman–Crippen MR) is 122 cm³/mol. The number of esters is 1. The molecule has 2 atom stereocenters. The normalized spacial score (nSPS) is 14.2. The summed E-state index contributed by atoms with van der Waals surface area (Å²) in [6, 6.07) is 8.54. The van der Waals surface area contributed by atoms with Crippen molar-refractivity contribution in [2.45, 2.75) is 65.7 Å². The predicted octanol–water partition coefficient (Wildman–Crippen LogP) is 7.01. The molecule has 162 valence electrons. The van der Waals surface area contributed by atoms with E-state index in [4.69, 9.17) is 21.1 Å². The van der Waals surface area contributed by atoms with Gasteiger partial charge in [0.25, 0.3) is 0 Å². The number of rotatable bonds is 13. The molecule has 2 unspecified atom stereocenters. The summed E-state index contributed by atoms with van der Waals surface area (Å²) in [5, 5.41) is 0. The van der Waals surface area contributed by atoms with E-state index in [0.29, 0.717) is 29.9 Å². The first-order valence-corrected chi connectivity index (χ1v) is 10.9. The van der Waals surface area contributed by atoms with Gasteiger partial charge in [-0.2, -0.15) is 0 Å². The third-order valence-electron chi connectivity index (χ3n) is 5.31. The Hall–Kier alpha value is -1.74. The quantitative estimate of drug-likeness (QED) is 0.113. The number of alkyl halides is 1. The Morgan fingerprint density at radius 3 is 2.21 bits per heavy atom. The lowest BCUT2D eigenvalue weighted by Gasteiger charge is -2.34. The maximum Gasteiger partial charge on any atom is 0.333 e. The number of allylic oxidation sites excluding steroid dienone is 1. The molecule has 1 aromatic rings. The summed E-state index contributed by atoms with van der Waals surface area (Å²) in [5.74, 6) is 1.88. The van der Waals surface area contributed by atoms with E-state index in [0.717, 1.165) is 30.6 Å². The van der Waals surface area contributed by atoms with Crippen molar-refractivity contribution in [2.75, 3.05) is 13.2 Å². The zero-order valence-corrected chi connectivity index (χ0v) is 19.5. The number of hydrogen-bond acceptors (Lipinski definition) is 3. The summed E-state index contributed by atoms with van der Waals surface area (Å²) in [7, 11) is 0. The largest absolute Gasteiger partial charge is 0.494 e. The molecule has 0 heterocycles. The summed E-state index contributed by atoms with van der Waals surface area (Å²) in [4.78, 5) is 11.5. The van der Waals surface area contributed by atoms with Crippen molar-refractivity contribution in [1.29, 1.82) is 0 Å². The molecule has 0 saturated carbocycles. The first-order chi connectivity index (χ1) is 13.6. The van der Waals surface area contributed by atoms with Crippen LogP contribution in [0, 0.1) is 11.3 Å². The highest BCUT2D eigenvalue weighted by atomic mass is 35.5. The van der Waals surface area contributed by atoms with Crippen LogP contribution in [-0.4, -0.2) is 19.2 Å². The average molecular weight is 421 g/mol. The molecule has 0 aliphatic rings. The smallest absolute Gasteiger partial charge is 0.333 e. The topological polar surface area (TPSA) is 35.5 Å². The molecular formula is C25H37ClO3. The summed E-state index contributed by atoms with van der Waals surface area (Å²) < 4.78 is 11.0. The minimum absolute atomic E-state index is 0.128. The van der Waals surface area contributed by atoms with E-state index in [1.54, 1.807) is 6.92 Å². The van der Waals surface area contributed by atoms with Crippen molar-refractivity contribution < 1.29 is 14.3 Å². The second-order valence-corrected chi connectivity index (χ2v) is 8.93. The van der Waals surface area contributed by atoms with Crippen LogP contribution in [-0.2, 0) is 20.1 Å². The van der Waals surface area contributed by atoms with Gasteiger partial charge in [-0.1, -0.05) is 65.1 Å². The van der Waals surface area contributed by atoms with Gasteiger partial charge in [0.1, 0.15) is 13.2 Å². The molecule has 0 aliphatic carbocycles. The van der Waals surface area contributed by atoms with Crippen molar-refractivity contribution in [3.05, 3.63) is 59.9 Å². The highest BCUT2D eigenvalue weighted by Crippen LogP contribution is 2.40. The second kappa shape index (κ2) is 12.1. The van der Waals surface area contributed by atoms with Crippen LogP contribution < -0.4 is 0 Å². The summed E-state index contributed by atoms with van der Waals surface area (Å²) in [5.41, 5.74) is 2.73. The first kappa shape index (κ1) is 25.3. The van der Waals surface area contributed by atoms with Gasteiger partial charge in [-0.15, -0.1) is 11.6 Å². The van der Waals surface area contributed by atoms with E-state index < -0.39 is 5.97 Å². The molecule has 0 N–H and O–H groups in total. The number of halogens is 1. The number of benzene rings is 1. The minimum Gasteiger partial charge on any atom is -0.494 e. The average Bonchev–Trinajstić information content (AvgIpc) is 2.68. The summed E-state index contributed by atoms with van der Waals surface area (Å²) in [6.07, 6.45) is 3.01. The lowest BCUT2D eigenvalue weighted by Crippen LogP contribution is -2.25. The third-order valence-corrected chi connectivity index (χ3v) is 5.61. The molecule has 0 saturated heterocycles. The van der Waals surface area contributed by atoms with Gasteiger partial charge in [-0.05, 0) is 49.1 Å². The Morgan fingerprint density at radius 2 is 1.69 bits per heavy atom.